The zero-order chi connectivity index (χ0) is 46.1. The lowest BCUT2D eigenvalue weighted by Crippen LogP contribution is -2.41. The predicted octanol–water partition coefficient (Wildman–Crippen LogP) is 13.2. The first-order valence-corrected chi connectivity index (χ1v) is 22.7. The zero-order valence-corrected chi connectivity index (χ0v) is 40.3. The Bertz CT molecular complexity index is 2410. The van der Waals surface area contributed by atoms with Gasteiger partial charge in [-0.15, -0.1) is 0 Å². The summed E-state index contributed by atoms with van der Waals surface area (Å²) in [6.07, 6.45) is 0. The van der Waals surface area contributed by atoms with E-state index < -0.39 is 14.0 Å². The van der Waals surface area contributed by atoms with Gasteiger partial charge >= 0.3 is 21.1 Å². The van der Waals surface area contributed by atoms with Gasteiger partial charge in [0.1, 0.15) is 0 Å². The van der Waals surface area contributed by atoms with Crippen LogP contribution in [-0.2, 0) is 27.9 Å². The third kappa shape index (κ3) is 10.5. The van der Waals surface area contributed by atoms with Gasteiger partial charge in [-0.3, -0.25) is 0 Å². The Morgan fingerprint density at radius 3 is 0.938 bits per heavy atom. The Morgan fingerprint density at radius 2 is 0.578 bits per heavy atom. The number of benzene rings is 6. The minimum absolute atomic E-state index is 0.328. The van der Waals surface area contributed by atoms with Gasteiger partial charge in [0, 0.05) is 5.02 Å². The minimum Gasteiger partial charge on any atom is -0.405 e. The molecule has 0 saturated carbocycles. The second kappa shape index (κ2) is 18.4. The van der Waals surface area contributed by atoms with Gasteiger partial charge in [-0.25, -0.2) is 0 Å². The fourth-order valence-corrected chi connectivity index (χ4v) is 7.67. The van der Waals surface area contributed by atoms with E-state index in [0.717, 1.165) is 16.0 Å². The van der Waals surface area contributed by atoms with Crippen molar-refractivity contribution in [2.24, 2.45) is 0 Å². The molecular formula is C54H62B3ClO6. The molecule has 3 aliphatic heterocycles. The van der Waals surface area contributed by atoms with Crippen LogP contribution in [-0.4, -0.2) is 54.7 Å². The van der Waals surface area contributed by atoms with Crippen LogP contribution in [0.1, 0.15) is 83.1 Å². The van der Waals surface area contributed by atoms with Gasteiger partial charge in [0.15, 0.2) is 0 Å². The van der Waals surface area contributed by atoms with Crippen molar-refractivity contribution < 1.29 is 27.9 Å². The summed E-state index contributed by atoms with van der Waals surface area (Å²) >= 11 is 6.02. The third-order valence-corrected chi connectivity index (χ3v) is 13.9. The average Bonchev–Trinajstić information content (AvgIpc) is 3.74. The van der Waals surface area contributed by atoms with Gasteiger partial charge in [-0.05, 0) is 145 Å². The summed E-state index contributed by atoms with van der Waals surface area (Å²) in [6, 6.07) is 54.4. The van der Waals surface area contributed by atoms with Gasteiger partial charge < -0.3 is 27.9 Å². The van der Waals surface area contributed by atoms with Crippen LogP contribution in [0.15, 0.2) is 158 Å². The van der Waals surface area contributed by atoms with E-state index in [1.807, 2.05) is 85.7 Å². The molecule has 330 valence electrons. The van der Waals surface area contributed by atoms with E-state index in [0.29, 0.717) is 0 Å². The molecule has 0 unspecified atom stereocenters. The highest BCUT2D eigenvalue weighted by molar-refractivity contribution is 7.11. The summed E-state index contributed by atoms with van der Waals surface area (Å²) in [5.74, 6) is 0. The molecule has 0 amide bonds. The van der Waals surface area contributed by atoms with Crippen molar-refractivity contribution >= 4 is 38.2 Å². The summed E-state index contributed by atoms with van der Waals surface area (Å²) in [6.45, 7) is 24.5. The Balaban J connectivity index is 0.000000148. The molecule has 6 nitrogen and oxygen atoms in total. The molecule has 0 aromatic heterocycles. The molecule has 0 spiro atoms. The molecule has 0 N–H and O–H groups in total. The second-order valence-electron chi connectivity index (χ2n) is 19.9. The lowest BCUT2D eigenvalue weighted by Gasteiger charge is -2.32. The summed E-state index contributed by atoms with van der Waals surface area (Å²) in [5, 5.41) is 0.768. The van der Waals surface area contributed by atoms with Crippen LogP contribution < -0.4 is 5.46 Å². The Hall–Kier alpha value is -4.44. The lowest BCUT2D eigenvalue weighted by atomic mass is 9.49. The molecule has 10 heteroatoms. The van der Waals surface area contributed by atoms with E-state index in [1.165, 1.54) is 38.9 Å². The first kappa shape index (κ1) is 47.5. The molecule has 0 atom stereocenters. The van der Waals surface area contributed by atoms with Crippen LogP contribution in [0.4, 0.5) is 0 Å². The molecule has 0 aliphatic carbocycles. The summed E-state index contributed by atoms with van der Waals surface area (Å²) < 4.78 is 36.2. The van der Waals surface area contributed by atoms with Crippen molar-refractivity contribution in [2.45, 2.75) is 117 Å². The van der Waals surface area contributed by atoms with Crippen LogP contribution in [0, 0.1) is 0 Å². The maximum atomic E-state index is 6.20. The van der Waals surface area contributed by atoms with E-state index in [-0.39, 0.29) is 40.7 Å². The van der Waals surface area contributed by atoms with Gasteiger partial charge in [0.05, 0.1) is 33.6 Å². The van der Waals surface area contributed by atoms with Crippen LogP contribution in [0.3, 0.4) is 0 Å². The van der Waals surface area contributed by atoms with Gasteiger partial charge in [0.2, 0.25) is 0 Å². The van der Waals surface area contributed by atoms with Crippen molar-refractivity contribution in [1.29, 1.82) is 0 Å². The van der Waals surface area contributed by atoms with Crippen molar-refractivity contribution in [3.05, 3.63) is 163 Å². The van der Waals surface area contributed by atoms with Crippen LogP contribution in [0.2, 0.25) is 5.02 Å². The fraction of sp³-hybridized carbons (Fsp3) is 0.333. The Kier molecular flexibility index (Phi) is 13.7. The van der Waals surface area contributed by atoms with Gasteiger partial charge in [0.25, 0.3) is 0 Å². The molecule has 3 saturated heterocycles. The van der Waals surface area contributed by atoms with Crippen molar-refractivity contribution in [1.82, 2.24) is 0 Å². The largest absolute Gasteiger partial charge is 0.494 e. The maximum Gasteiger partial charge on any atom is 0.494 e. The van der Waals surface area contributed by atoms with Crippen molar-refractivity contribution in [3.63, 3.8) is 0 Å². The number of rotatable bonds is 6. The standard InChI is InChI=1S/C24H25BO2.C18H13Cl.C12H24B2O4/c1-23(2)24(3,4)27-25(26-23)22-12-8-11-21(17-22)20-15-13-19(14-16-20)18-9-6-5-7-10-18;19-18-8-4-7-17(13-18)16-11-9-15(10-12-16)14-5-2-1-3-6-14;1-9(2)10(3,4)16-13(15-9)14-17-11(5,6)12(7,8)18-14/h5-17H,1-4H3;1-13H;1-8H3. The van der Waals surface area contributed by atoms with Crippen LogP contribution in [0.25, 0.3) is 44.5 Å². The monoisotopic (exact) mass is 874 g/mol. The van der Waals surface area contributed by atoms with Gasteiger partial charge in [-0.1, -0.05) is 157 Å². The molecule has 0 radical (unpaired) electrons. The van der Waals surface area contributed by atoms with Crippen molar-refractivity contribution in [2.75, 3.05) is 0 Å². The average molecular weight is 875 g/mol. The SMILES string of the molecule is CC1(C)OB(B2OC(C)(C)C(C)(C)O2)OC1(C)C.CC1(C)OB(c2cccc(-c3ccc(-c4ccccc4)cc3)c2)OC1(C)C.Clc1cccc(-c2ccc(-c3ccccc3)cc2)c1. The van der Waals surface area contributed by atoms with Crippen molar-refractivity contribution in [3.8, 4) is 44.5 Å². The quantitative estimate of drug-likeness (QED) is 0.155. The van der Waals surface area contributed by atoms with E-state index in [1.54, 1.807) is 0 Å². The summed E-state index contributed by atoms with van der Waals surface area (Å²) in [7, 11) is -1.29. The molecular weight excluding hydrogens is 812 g/mol. The molecule has 3 fully saturated rings. The lowest BCUT2D eigenvalue weighted by molar-refractivity contribution is 0.00578. The fourth-order valence-electron chi connectivity index (χ4n) is 7.48. The highest BCUT2D eigenvalue weighted by Crippen LogP contribution is 2.43. The third-order valence-electron chi connectivity index (χ3n) is 13.7. The molecule has 6 aromatic carbocycles. The molecule has 3 heterocycles. The number of halogens is 1. The van der Waals surface area contributed by atoms with Gasteiger partial charge in [-0.2, -0.15) is 0 Å². The minimum atomic E-state index is -0.476. The first-order chi connectivity index (χ1) is 30.1. The molecule has 9 rings (SSSR count). The van der Waals surface area contributed by atoms with E-state index in [2.05, 4.69) is 155 Å². The zero-order valence-electron chi connectivity index (χ0n) is 39.6. The highest BCUT2D eigenvalue weighted by atomic mass is 35.5. The first-order valence-electron chi connectivity index (χ1n) is 22.3. The molecule has 0 bridgehead atoms. The topological polar surface area (TPSA) is 55.4 Å². The van der Waals surface area contributed by atoms with E-state index >= 15 is 0 Å². The van der Waals surface area contributed by atoms with E-state index in [9.17, 15) is 0 Å². The van der Waals surface area contributed by atoms with Crippen LogP contribution in [0.5, 0.6) is 0 Å². The predicted molar refractivity (Wildman–Crippen MR) is 268 cm³/mol. The Morgan fingerprint density at radius 1 is 0.297 bits per heavy atom. The van der Waals surface area contributed by atoms with E-state index in [4.69, 9.17) is 39.5 Å². The second-order valence-corrected chi connectivity index (χ2v) is 20.3. The van der Waals surface area contributed by atoms with Crippen LogP contribution >= 0.6 is 11.6 Å². The normalized spacial score (nSPS) is 19.6. The highest BCUT2D eigenvalue weighted by Gasteiger charge is 2.63. The number of hydrogen-bond acceptors (Lipinski definition) is 6. The molecule has 3 aliphatic rings. The Labute approximate surface area is 388 Å². The molecule has 64 heavy (non-hydrogen) atoms. The smallest absolute Gasteiger partial charge is 0.405 e. The summed E-state index contributed by atoms with van der Waals surface area (Å²) in [5.41, 5.74) is 8.56. The number of hydrogen-bond donors (Lipinski definition) is 0. The summed E-state index contributed by atoms with van der Waals surface area (Å²) in [4.78, 5) is 0. The molecule has 6 aromatic rings. The maximum absolute atomic E-state index is 6.20.